The summed E-state index contributed by atoms with van der Waals surface area (Å²) < 4.78 is 27.0. The molecular weight excluding hydrogens is 499 g/mol. The topological polar surface area (TPSA) is 78.4 Å². The van der Waals surface area contributed by atoms with Crippen molar-refractivity contribution in [1.29, 1.82) is 0 Å². The van der Waals surface area contributed by atoms with Gasteiger partial charge in [0.05, 0.1) is 23.3 Å². The van der Waals surface area contributed by atoms with Gasteiger partial charge in [0.2, 0.25) is 5.91 Å². The summed E-state index contributed by atoms with van der Waals surface area (Å²) in [7, 11) is 1.70. The highest BCUT2D eigenvalue weighted by Gasteiger charge is 2.43. The molecule has 1 aromatic carbocycles. The average Bonchev–Trinajstić information content (AvgIpc) is 3.05. The second-order valence-corrected chi connectivity index (χ2v) is 10.8. The van der Waals surface area contributed by atoms with Crippen LogP contribution in [0.4, 0.5) is 10.2 Å². The number of ether oxygens (including phenoxy) is 2. The molecule has 3 aliphatic heterocycles. The van der Waals surface area contributed by atoms with Crippen molar-refractivity contribution in [3.05, 3.63) is 47.3 Å². The molecule has 10 heteroatoms. The summed E-state index contributed by atoms with van der Waals surface area (Å²) in [5, 5.41) is 10.7. The molecular formula is C27H32ClFN4O4. The van der Waals surface area contributed by atoms with Crippen LogP contribution in [-0.4, -0.2) is 83.4 Å². The highest BCUT2D eigenvalue weighted by atomic mass is 35.5. The van der Waals surface area contributed by atoms with Crippen LogP contribution < -0.4 is 9.64 Å². The zero-order valence-electron chi connectivity index (χ0n) is 21.3. The number of pyridine rings is 1. The summed E-state index contributed by atoms with van der Waals surface area (Å²) in [4.78, 5) is 23.4. The number of nitrogens with zero attached hydrogens (tertiary/aromatic N) is 4. The number of hydrogen-bond acceptors (Lipinski definition) is 7. The molecule has 3 aliphatic rings. The van der Waals surface area contributed by atoms with Gasteiger partial charge in [0.25, 0.3) is 0 Å². The highest BCUT2D eigenvalue weighted by molar-refractivity contribution is 6.35. The van der Waals surface area contributed by atoms with Crippen molar-refractivity contribution in [2.75, 3.05) is 44.8 Å². The van der Waals surface area contributed by atoms with Crippen molar-refractivity contribution in [3.8, 4) is 22.8 Å². The standard InChI is InChI=1S/C27H32ClFN4O4/c1-5-21(35)32-10-9-31-14-18-25(37-15-16(31)12-32)23(28)24(22-19(29)7-6-8-20(22)34)30-26(18)33-13-17(36-4)11-27(33,2)3/h5-8,16-17,34H,1,9-15H2,2-4H3. The van der Waals surface area contributed by atoms with E-state index in [4.69, 9.17) is 26.1 Å². The number of amides is 1. The van der Waals surface area contributed by atoms with Gasteiger partial charge >= 0.3 is 0 Å². The predicted octanol–water partition coefficient (Wildman–Crippen LogP) is 3.84. The van der Waals surface area contributed by atoms with Gasteiger partial charge in [-0.2, -0.15) is 0 Å². The van der Waals surface area contributed by atoms with Crippen LogP contribution in [0.5, 0.6) is 11.5 Å². The minimum Gasteiger partial charge on any atom is -0.507 e. The third-order valence-electron chi connectivity index (χ3n) is 7.70. The molecule has 2 aromatic rings. The van der Waals surface area contributed by atoms with E-state index >= 15 is 4.39 Å². The minimum absolute atomic E-state index is 0.00125. The van der Waals surface area contributed by atoms with E-state index < -0.39 is 5.82 Å². The van der Waals surface area contributed by atoms with Crippen LogP contribution in [0.2, 0.25) is 5.02 Å². The van der Waals surface area contributed by atoms with Gasteiger partial charge in [0, 0.05) is 45.4 Å². The lowest BCUT2D eigenvalue weighted by Crippen LogP contribution is -2.55. The number of aromatic nitrogens is 1. The van der Waals surface area contributed by atoms with Gasteiger partial charge < -0.3 is 24.4 Å². The monoisotopic (exact) mass is 530 g/mol. The van der Waals surface area contributed by atoms with Crippen molar-refractivity contribution in [2.24, 2.45) is 0 Å². The smallest absolute Gasteiger partial charge is 0.246 e. The lowest BCUT2D eigenvalue weighted by Gasteiger charge is -2.40. The first-order valence-corrected chi connectivity index (χ1v) is 12.8. The van der Waals surface area contributed by atoms with Gasteiger partial charge in [0.1, 0.15) is 40.5 Å². The molecule has 0 spiro atoms. The van der Waals surface area contributed by atoms with Crippen LogP contribution in [0.3, 0.4) is 0 Å². The zero-order valence-corrected chi connectivity index (χ0v) is 22.1. The van der Waals surface area contributed by atoms with Crippen molar-refractivity contribution in [2.45, 2.75) is 44.5 Å². The Balaban J connectivity index is 1.65. The summed E-state index contributed by atoms with van der Waals surface area (Å²) in [6.07, 6.45) is 2.12. The summed E-state index contributed by atoms with van der Waals surface area (Å²) in [6, 6.07) is 4.06. The number of carbonyl (C=O) groups excluding carboxylic acids is 1. The fraction of sp³-hybridized carbons (Fsp3) is 0.481. The summed E-state index contributed by atoms with van der Waals surface area (Å²) >= 11 is 6.88. The first-order chi connectivity index (χ1) is 17.6. The van der Waals surface area contributed by atoms with E-state index in [1.807, 2.05) is 0 Å². The van der Waals surface area contributed by atoms with E-state index in [0.717, 1.165) is 12.0 Å². The molecule has 2 fully saturated rings. The van der Waals surface area contributed by atoms with Crippen LogP contribution in [0.15, 0.2) is 30.9 Å². The normalized spacial score (nSPS) is 23.2. The minimum atomic E-state index is -0.625. The molecule has 198 valence electrons. The van der Waals surface area contributed by atoms with E-state index in [2.05, 4.69) is 30.2 Å². The molecule has 2 atom stereocenters. The van der Waals surface area contributed by atoms with Gasteiger partial charge in [0.15, 0.2) is 0 Å². The van der Waals surface area contributed by atoms with E-state index in [9.17, 15) is 9.90 Å². The number of halogens is 2. The molecule has 4 heterocycles. The third kappa shape index (κ3) is 4.53. The van der Waals surface area contributed by atoms with Crippen LogP contribution in [-0.2, 0) is 16.1 Å². The van der Waals surface area contributed by atoms with E-state index in [1.54, 1.807) is 12.0 Å². The van der Waals surface area contributed by atoms with Crippen molar-refractivity contribution in [3.63, 3.8) is 0 Å². The van der Waals surface area contributed by atoms with Crippen LogP contribution in [0.1, 0.15) is 25.8 Å². The third-order valence-corrected chi connectivity index (χ3v) is 8.05. The Morgan fingerprint density at radius 3 is 2.81 bits per heavy atom. The molecule has 1 N–H and O–H groups in total. The molecule has 5 rings (SSSR count). The molecule has 2 unspecified atom stereocenters. The molecule has 0 aliphatic carbocycles. The molecule has 0 saturated carbocycles. The number of hydrogen-bond donors (Lipinski definition) is 1. The first-order valence-electron chi connectivity index (χ1n) is 12.4. The van der Waals surface area contributed by atoms with Crippen LogP contribution in [0, 0.1) is 5.82 Å². The largest absolute Gasteiger partial charge is 0.507 e. The van der Waals surface area contributed by atoms with E-state index in [-0.39, 0.29) is 45.6 Å². The molecule has 37 heavy (non-hydrogen) atoms. The lowest BCUT2D eigenvalue weighted by molar-refractivity contribution is -0.129. The van der Waals surface area contributed by atoms with Crippen molar-refractivity contribution >= 4 is 23.3 Å². The number of phenolic OH excluding ortho intramolecular Hbond substituents is 1. The highest BCUT2D eigenvalue weighted by Crippen LogP contribution is 2.48. The molecule has 1 aromatic heterocycles. The molecule has 0 radical (unpaired) electrons. The Hall–Kier alpha value is -2.88. The Bertz CT molecular complexity index is 1220. The van der Waals surface area contributed by atoms with E-state index in [1.165, 1.54) is 24.3 Å². The van der Waals surface area contributed by atoms with E-state index in [0.29, 0.717) is 50.9 Å². The first kappa shape index (κ1) is 25.8. The Kier molecular flexibility index (Phi) is 6.81. The number of methoxy groups -OCH3 is 1. The number of benzene rings is 1. The lowest BCUT2D eigenvalue weighted by atomic mass is 10.00. The molecule has 2 saturated heterocycles. The Morgan fingerprint density at radius 1 is 1.35 bits per heavy atom. The Morgan fingerprint density at radius 2 is 2.14 bits per heavy atom. The number of carbonyl (C=O) groups is 1. The summed E-state index contributed by atoms with van der Waals surface area (Å²) in [5.41, 5.74) is 0.571. The number of fused-ring (bicyclic) bond motifs is 2. The second kappa shape index (κ2) is 9.78. The van der Waals surface area contributed by atoms with Gasteiger partial charge in [-0.3, -0.25) is 9.69 Å². The molecule has 8 nitrogen and oxygen atoms in total. The quantitative estimate of drug-likeness (QED) is 0.602. The van der Waals surface area contributed by atoms with Crippen LogP contribution in [0.25, 0.3) is 11.3 Å². The summed E-state index contributed by atoms with van der Waals surface area (Å²) in [6.45, 7) is 11.0. The van der Waals surface area contributed by atoms with Crippen LogP contribution >= 0.6 is 11.6 Å². The molecule has 1 amide bonds. The fourth-order valence-corrected chi connectivity index (χ4v) is 5.98. The predicted molar refractivity (Wildman–Crippen MR) is 140 cm³/mol. The van der Waals surface area contributed by atoms with Gasteiger partial charge in [-0.15, -0.1) is 0 Å². The second-order valence-electron chi connectivity index (χ2n) is 10.4. The zero-order chi connectivity index (χ0) is 26.5. The number of anilines is 1. The SMILES string of the molecule is C=CC(=O)N1CCN2Cc3c(N4CC(OC)CC4(C)C)nc(-c4c(O)cccc4F)c(Cl)c3OCC2C1. The van der Waals surface area contributed by atoms with Gasteiger partial charge in [-0.25, -0.2) is 9.37 Å². The van der Waals surface area contributed by atoms with Crippen molar-refractivity contribution < 1.29 is 23.8 Å². The number of phenols is 1. The maximum Gasteiger partial charge on any atom is 0.246 e. The Labute approximate surface area is 221 Å². The van der Waals surface area contributed by atoms with Gasteiger partial charge in [-0.05, 0) is 38.5 Å². The van der Waals surface area contributed by atoms with Crippen molar-refractivity contribution in [1.82, 2.24) is 14.8 Å². The van der Waals surface area contributed by atoms with Gasteiger partial charge in [-0.1, -0.05) is 24.2 Å². The molecule has 0 bridgehead atoms. The number of aromatic hydroxyl groups is 1. The summed E-state index contributed by atoms with van der Waals surface area (Å²) in [5.74, 6) is 0.0770. The maximum atomic E-state index is 15.0. The number of rotatable bonds is 4. The fourth-order valence-electron chi connectivity index (χ4n) is 5.68. The number of piperazine rings is 1. The average molecular weight is 531 g/mol. The maximum absolute atomic E-state index is 15.0.